The fourth-order valence-corrected chi connectivity index (χ4v) is 1.74. The van der Waals surface area contributed by atoms with Crippen LogP contribution in [-0.4, -0.2) is 28.1 Å². The highest BCUT2D eigenvalue weighted by Crippen LogP contribution is 2.22. The number of aromatic nitrogens is 3. The largest absolute Gasteiger partial charge is 0.372 e. The lowest BCUT2D eigenvalue weighted by molar-refractivity contribution is 0.102. The summed E-state index contributed by atoms with van der Waals surface area (Å²) in [4.78, 5) is 16.3. The van der Waals surface area contributed by atoms with Crippen LogP contribution in [0.25, 0.3) is 0 Å². The van der Waals surface area contributed by atoms with E-state index in [4.69, 9.17) is 0 Å². The molecule has 2 aromatic rings. The number of amides is 1. The summed E-state index contributed by atoms with van der Waals surface area (Å²) in [6.45, 7) is 6.23. The summed E-state index contributed by atoms with van der Waals surface area (Å²) in [5.74, 6) is 0.803. The van der Waals surface area contributed by atoms with Gasteiger partial charge in [-0.15, -0.1) is 0 Å². The maximum atomic E-state index is 12.2. The third-order valence-corrected chi connectivity index (χ3v) is 2.92. The monoisotopic (exact) mass is 273 g/mol. The van der Waals surface area contributed by atoms with Gasteiger partial charge in [-0.2, -0.15) is 5.10 Å². The summed E-state index contributed by atoms with van der Waals surface area (Å²) in [6.07, 6.45) is 1.63. The minimum Gasteiger partial charge on any atom is -0.372 e. The number of carbonyl (C=O) groups excluding carboxylic acids is 1. The lowest BCUT2D eigenvalue weighted by Crippen LogP contribution is -2.15. The smallest absolute Gasteiger partial charge is 0.260 e. The second-order valence-electron chi connectivity index (χ2n) is 5.52. The molecule has 0 aromatic carbocycles. The van der Waals surface area contributed by atoms with E-state index in [0.29, 0.717) is 17.2 Å². The van der Waals surface area contributed by atoms with Crippen molar-refractivity contribution in [3.63, 3.8) is 0 Å². The highest BCUT2D eigenvalue weighted by Gasteiger charge is 2.18. The minimum atomic E-state index is -0.241. The van der Waals surface area contributed by atoms with Crippen molar-refractivity contribution in [1.82, 2.24) is 15.2 Å². The molecule has 20 heavy (non-hydrogen) atoms. The Morgan fingerprint density at radius 3 is 2.70 bits per heavy atom. The van der Waals surface area contributed by atoms with E-state index in [1.165, 1.54) is 0 Å². The van der Waals surface area contributed by atoms with E-state index in [1.807, 2.05) is 6.07 Å². The fourth-order valence-electron chi connectivity index (χ4n) is 1.74. The average Bonchev–Trinajstić information content (AvgIpc) is 2.87. The van der Waals surface area contributed by atoms with Crippen LogP contribution in [0.4, 0.5) is 11.6 Å². The molecule has 6 heteroatoms. The minimum absolute atomic E-state index is 0.0413. The molecule has 0 unspecified atom stereocenters. The number of aromatic amines is 1. The average molecular weight is 273 g/mol. The van der Waals surface area contributed by atoms with Crippen molar-refractivity contribution in [3.8, 4) is 0 Å². The third-order valence-electron chi connectivity index (χ3n) is 2.92. The first-order valence-corrected chi connectivity index (χ1v) is 6.42. The second kappa shape index (κ2) is 5.32. The van der Waals surface area contributed by atoms with Crippen molar-refractivity contribution >= 4 is 17.5 Å². The summed E-state index contributed by atoms with van der Waals surface area (Å²) < 4.78 is 0. The van der Waals surface area contributed by atoms with E-state index >= 15 is 0 Å². The molecule has 6 nitrogen and oxygen atoms in total. The molecular weight excluding hydrogens is 254 g/mol. The molecule has 0 atom stereocenters. The first-order valence-electron chi connectivity index (χ1n) is 6.42. The summed E-state index contributed by atoms with van der Waals surface area (Å²) in [7, 11) is 1.73. The van der Waals surface area contributed by atoms with Gasteiger partial charge >= 0.3 is 0 Å². The van der Waals surface area contributed by atoms with Crippen molar-refractivity contribution in [1.29, 1.82) is 0 Å². The molecule has 106 valence electrons. The standard InChI is InChI=1S/C14H19N5O/c1-14(2,3)10-8-11(19-18-10)17-13(20)9-6-5-7-16-12(9)15-4/h5-8H,1-4H3,(H,15,16)(H2,17,18,19,20). The number of nitrogens with zero attached hydrogens (tertiary/aromatic N) is 2. The van der Waals surface area contributed by atoms with Crippen molar-refractivity contribution in [2.24, 2.45) is 0 Å². The molecule has 0 aliphatic carbocycles. The van der Waals surface area contributed by atoms with E-state index < -0.39 is 0 Å². The highest BCUT2D eigenvalue weighted by molar-refractivity contribution is 6.07. The zero-order chi connectivity index (χ0) is 14.8. The van der Waals surface area contributed by atoms with Gasteiger partial charge in [-0.25, -0.2) is 4.98 Å². The number of pyridine rings is 1. The Labute approximate surface area is 118 Å². The van der Waals surface area contributed by atoms with E-state index in [-0.39, 0.29) is 11.3 Å². The van der Waals surface area contributed by atoms with Crippen molar-refractivity contribution in [3.05, 3.63) is 35.7 Å². The quantitative estimate of drug-likeness (QED) is 0.802. The number of carbonyl (C=O) groups is 1. The van der Waals surface area contributed by atoms with Gasteiger partial charge in [0.15, 0.2) is 5.82 Å². The SMILES string of the molecule is CNc1ncccc1C(=O)Nc1cc(C(C)(C)C)[nH]n1. The Balaban J connectivity index is 2.18. The van der Waals surface area contributed by atoms with Gasteiger partial charge in [0.1, 0.15) is 5.82 Å². The number of hydrogen-bond acceptors (Lipinski definition) is 4. The van der Waals surface area contributed by atoms with E-state index in [1.54, 1.807) is 25.4 Å². The van der Waals surface area contributed by atoms with Gasteiger partial charge in [-0.3, -0.25) is 9.89 Å². The third kappa shape index (κ3) is 2.96. The number of anilines is 2. The van der Waals surface area contributed by atoms with Gasteiger partial charge in [-0.05, 0) is 12.1 Å². The molecule has 2 heterocycles. The predicted octanol–water partition coefficient (Wildman–Crippen LogP) is 2.40. The Hall–Kier alpha value is -2.37. The summed E-state index contributed by atoms with van der Waals surface area (Å²) in [6, 6.07) is 5.28. The van der Waals surface area contributed by atoms with Crippen molar-refractivity contribution in [2.45, 2.75) is 26.2 Å². The number of nitrogens with one attached hydrogen (secondary N) is 3. The lowest BCUT2D eigenvalue weighted by Gasteiger charge is -2.14. The normalized spacial score (nSPS) is 11.2. The van der Waals surface area contributed by atoms with Crippen LogP contribution in [0.15, 0.2) is 24.4 Å². The van der Waals surface area contributed by atoms with Crippen LogP contribution >= 0.6 is 0 Å². The number of hydrogen-bond donors (Lipinski definition) is 3. The Bertz CT molecular complexity index is 612. The van der Waals surface area contributed by atoms with Crippen LogP contribution in [0.3, 0.4) is 0 Å². The van der Waals surface area contributed by atoms with Gasteiger partial charge < -0.3 is 10.6 Å². The van der Waals surface area contributed by atoms with Gasteiger partial charge in [-0.1, -0.05) is 20.8 Å². The molecule has 0 saturated heterocycles. The zero-order valence-electron chi connectivity index (χ0n) is 12.1. The van der Waals surface area contributed by atoms with Crippen LogP contribution in [-0.2, 0) is 5.41 Å². The maximum Gasteiger partial charge on any atom is 0.260 e. The molecule has 0 spiro atoms. The first kappa shape index (κ1) is 14.0. The first-order chi connectivity index (χ1) is 9.41. The Morgan fingerprint density at radius 1 is 1.35 bits per heavy atom. The maximum absolute atomic E-state index is 12.2. The van der Waals surface area contributed by atoms with E-state index in [0.717, 1.165) is 5.69 Å². The fraction of sp³-hybridized carbons (Fsp3) is 0.357. The van der Waals surface area contributed by atoms with Crippen LogP contribution in [0.5, 0.6) is 0 Å². The second-order valence-corrected chi connectivity index (χ2v) is 5.52. The van der Waals surface area contributed by atoms with Crippen molar-refractivity contribution < 1.29 is 4.79 Å². The van der Waals surface area contributed by atoms with Gasteiger partial charge in [0, 0.05) is 30.4 Å². The van der Waals surface area contributed by atoms with Crippen LogP contribution < -0.4 is 10.6 Å². The molecule has 0 bridgehead atoms. The van der Waals surface area contributed by atoms with E-state index in [9.17, 15) is 4.79 Å². The molecule has 0 aliphatic rings. The van der Waals surface area contributed by atoms with Crippen LogP contribution in [0, 0.1) is 0 Å². The number of rotatable bonds is 3. The zero-order valence-corrected chi connectivity index (χ0v) is 12.1. The van der Waals surface area contributed by atoms with Gasteiger partial charge in [0.2, 0.25) is 0 Å². The molecule has 1 amide bonds. The molecule has 0 aliphatic heterocycles. The molecule has 0 fully saturated rings. The van der Waals surface area contributed by atoms with Gasteiger partial charge in [0.05, 0.1) is 5.56 Å². The summed E-state index contributed by atoms with van der Waals surface area (Å²) >= 11 is 0. The summed E-state index contributed by atoms with van der Waals surface area (Å²) in [5.41, 5.74) is 1.41. The van der Waals surface area contributed by atoms with E-state index in [2.05, 4.69) is 46.6 Å². The molecule has 0 radical (unpaired) electrons. The Morgan fingerprint density at radius 2 is 2.10 bits per heavy atom. The molecule has 2 aromatic heterocycles. The topological polar surface area (TPSA) is 82.7 Å². The molecular formula is C14H19N5O. The summed E-state index contributed by atoms with van der Waals surface area (Å²) in [5, 5.41) is 12.7. The predicted molar refractivity (Wildman–Crippen MR) is 79.0 cm³/mol. The highest BCUT2D eigenvalue weighted by atomic mass is 16.1. The van der Waals surface area contributed by atoms with Crippen LogP contribution in [0.2, 0.25) is 0 Å². The Kier molecular flexibility index (Phi) is 3.74. The van der Waals surface area contributed by atoms with Gasteiger partial charge in [0.25, 0.3) is 5.91 Å². The molecule has 3 N–H and O–H groups in total. The van der Waals surface area contributed by atoms with Crippen LogP contribution in [0.1, 0.15) is 36.8 Å². The van der Waals surface area contributed by atoms with Crippen molar-refractivity contribution in [2.75, 3.05) is 17.7 Å². The molecule has 2 rings (SSSR count). The number of H-pyrrole nitrogens is 1. The lowest BCUT2D eigenvalue weighted by atomic mass is 9.92. The molecule has 0 saturated carbocycles.